The van der Waals surface area contributed by atoms with Crippen LogP contribution in [0.25, 0.3) is 0 Å². The summed E-state index contributed by atoms with van der Waals surface area (Å²) in [4.78, 5) is -0.502. The number of hydrogen-bond acceptors (Lipinski definition) is 3. The first-order chi connectivity index (χ1) is 3.80. The molecule has 0 aromatic heterocycles. The lowest BCUT2D eigenvalue weighted by molar-refractivity contribution is 0.200. The van der Waals surface area contributed by atoms with Gasteiger partial charge in [-0.1, -0.05) is 23.2 Å². The molecule has 0 aliphatic carbocycles. The maximum absolute atomic E-state index is 5.45. The zero-order valence-electron chi connectivity index (χ0n) is 4.19. The van der Waals surface area contributed by atoms with Gasteiger partial charge in [0.25, 0.3) is 0 Å². The van der Waals surface area contributed by atoms with Crippen molar-refractivity contribution in [3.63, 3.8) is 0 Å². The molecule has 8 heavy (non-hydrogen) atoms. The van der Waals surface area contributed by atoms with Crippen molar-refractivity contribution in [3.05, 3.63) is 0 Å². The monoisotopic (exact) mass is 155 g/mol. The third-order valence-electron chi connectivity index (χ3n) is 0.884. The van der Waals surface area contributed by atoms with E-state index in [1.54, 1.807) is 5.12 Å². The van der Waals surface area contributed by atoms with Crippen LogP contribution in [0, 0.1) is 0 Å². The molecule has 1 saturated heterocycles. The summed E-state index contributed by atoms with van der Waals surface area (Å²) in [7, 11) is 0. The summed E-state index contributed by atoms with van der Waals surface area (Å²) >= 11 is 10.9. The Bertz CT molecular complexity index is 70.9. The molecule has 0 saturated carbocycles. The maximum Gasteiger partial charge on any atom is 0.186 e. The van der Waals surface area contributed by atoms with E-state index in [0.29, 0.717) is 0 Å². The fourth-order valence-corrected chi connectivity index (χ4v) is 0.823. The maximum atomic E-state index is 5.45. The zero-order chi connectivity index (χ0) is 5.98. The van der Waals surface area contributed by atoms with Crippen LogP contribution in [0.5, 0.6) is 0 Å². The molecule has 1 fully saturated rings. The number of nitrogens with one attached hydrogen (secondary N) is 2. The zero-order valence-corrected chi connectivity index (χ0v) is 5.71. The fourth-order valence-electron chi connectivity index (χ4n) is 0.547. The van der Waals surface area contributed by atoms with Gasteiger partial charge in [0.1, 0.15) is 0 Å². The molecule has 0 amide bonds. The smallest absolute Gasteiger partial charge is 0.186 e. The van der Waals surface area contributed by atoms with Gasteiger partial charge in [0.05, 0.1) is 0 Å². The summed E-state index contributed by atoms with van der Waals surface area (Å²) in [6.45, 7) is 1.77. The van der Waals surface area contributed by atoms with E-state index in [1.165, 1.54) is 0 Å². The van der Waals surface area contributed by atoms with Crippen molar-refractivity contribution in [1.29, 1.82) is 0 Å². The standard InChI is InChI=1S/C3H7Cl2N3/c4-3(5)8-6-1-2-7-8/h3,6-7H,1-2H2. The molecular weight excluding hydrogens is 149 g/mol. The number of hydrazine groups is 2. The van der Waals surface area contributed by atoms with E-state index in [1.807, 2.05) is 0 Å². The van der Waals surface area contributed by atoms with E-state index in [4.69, 9.17) is 23.2 Å². The highest BCUT2D eigenvalue weighted by Crippen LogP contribution is 2.04. The Hall–Kier alpha value is 0.460. The van der Waals surface area contributed by atoms with Gasteiger partial charge < -0.3 is 0 Å². The van der Waals surface area contributed by atoms with Crippen LogP contribution in [0.15, 0.2) is 0 Å². The van der Waals surface area contributed by atoms with E-state index in [-0.39, 0.29) is 0 Å². The molecule has 0 bridgehead atoms. The number of rotatable bonds is 1. The summed E-state index contributed by atoms with van der Waals surface area (Å²) in [5, 5.41) is 1.56. The molecule has 1 aliphatic rings. The van der Waals surface area contributed by atoms with E-state index >= 15 is 0 Å². The molecule has 1 rings (SSSR count). The minimum Gasteiger partial charge on any atom is -0.238 e. The van der Waals surface area contributed by atoms with Crippen LogP contribution in [0.1, 0.15) is 0 Å². The average molecular weight is 156 g/mol. The molecule has 0 aromatic rings. The summed E-state index contributed by atoms with van der Waals surface area (Å²) in [5.41, 5.74) is 5.83. The first-order valence-corrected chi connectivity index (χ1v) is 3.22. The number of nitrogens with zero attached hydrogens (tertiary/aromatic N) is 1. The minimum absolute atomic E-state index is 0.502. The van der Waals surface area contributed by atoms with Crippen molar-refractivity contribution in [3.8, 4) is 0 Å². The minimum atomic E-state index is -0.502. The van der Waals surface area contributed by atoms with Gasteiger partial charge in [-0.25, -0.2) is 10.9 Å². The lowest BCUT2D eigenvalue weighted by Gasteiger charge is -2.14. The van der Waals surface area contributed by atoms with Crippen LogP contribution >= 0.6 is 23.2 Å². The molecular formula is C3H7Cl2N3. The van der Waals surface area contributed by atoms with Crippen LogP contribution < -0.4 is 10.9 Å². The first-order valence-electron chi connectivity index (χ1n) is 2.35. The van der Waals surface area contributed by atoms with Crippen molar-refractivity contribution >= 4 is 23.2 Å². The fraction of sp³-hybridized carbons (Fsp3) is 1.00. The summed E-state index contributed by atoms with van der Waals surface area (Å²) in [6.07, 6.45) is 0. The molecule has 1 heterocycles. The predicted molar refractivity (Wildman–Crippen MR) is 33.3 cm³/mol. The number of halogens is 2. The highest BCUT2D eigenvalue weighted by atomic mass is 35.5. The molecule has 0 unspecified atom stereocenters. The van der Waals surface area contributed by atoms with E-state index in [9.17, 15) is 0 Å². The van der Waals surface area contributed by atoms with Crippen molar-refractivity contribution < 1.29 is 0 Å². The summed E-state index contributed by atoms with van der Waals surface area (Å²) in [6, 6.07) is 0. The highest BCUT2D eigenvalue weighted by molar-refractivity contribution is 6.43. The third kappa shape index (κ3) is 1.47. The van der Waals surface area contributed by atoms with Gasteiger partial charge in [-0.05, 0) is 0 Å². The summed E-state index contributed by atoms with van der Waals surface area (Å²) in [5.74, 6) is 0. The Morgan fingerprint density at radius 2 is 1.75 bits per heavy atom. The molecule has 2 N–H and O–H groups in total. The van der Waals surface area contributed by atoms with Gasteiger partial charge in [0.2, 0.25) is 0 Å². The van der Waals surface area contributed by atoms with Crippen molar-refractivity contribution in [2.75, 3.05) is 13.1 Å². The second kappa shape index (κ2) is 2.85. The van der Waals surface area contributed by atoms with Gasteiger partial charge in [0, 0.05) is 13.1 Å². The Morgan fingerprint density at radius 3 is 2.00 bits per heavy atom. The molecule has 1 aliphatic heterocycles. The molecule has 0 spiro atoms. The predicted octanol–water partition coefficient (Wildman–Crippen LogP) is 0.0724. The third-order valence-corrected chi connectivity index (χ3v) is 1.27. The molecule has 0 radical (unpaired) electrons. The Kier molecular flexibility index (Phi) is 2.34. The lowest BCUT2D eigenvalue weighted by atomic mass is 10.7. The second-order valence-electron chi connectivity index (χ2n) is 1.46. The normalized spacial score (nSPS) is 22.9. The topological polar surface area (TPSA) is 27.3 Å². The van der Waals surface area contributed by atoms with Crippen LogP contribution in [0.2, 0.25) is 0 Å². The van der Waals surface area contributed by atoms with Gasteiger partial charge in [0.15, 0.2) is 4.96 Å². The van der Waals surface area contributed by atoms with Crippen LogP contribution in [-0.2, 0) is 0 Å². The SMILES string of the molecule is ClC(Cl)N1NCCN1. The average Bonchev–Trinajstić information content (AvgIpc) is 2.12. The van der Waals surface area contributed by atoms with Crippen molar-refractivity contribution in [1.82, 2.24) is 16.0 Å². The van der Waals surface area contributed by atoms with Crippen LogP contribution in [0.4, 0.5) is 0 Å². The van der Waals surface area contributed by atoms with E-state index in [2.05, 4.69) is 10.9 Å². The van der Waals surface area contributed by atoms with Crippen molar-refractivity contribution in [2.24, 2.45) is 0 Å². The molecule has 3 nitrogen and oxygen atoms in total. The summed E-state index contributed by atoms with van der Waals surface area (Å²) < 4.78 is 0. The molecule has 0 atom stereocenters. The van der Waals surface area contributed by atoms with E-state index < -0.39 is 4.96 Å². The Morgan fingerprint density at radius 1 is 1.25 bits per heavy atom. The van der Waals surface area contributed by atoms with Crippen molar-refractivity contribution in [2.45, 2.75) is 4.96 Å². The Balaban J connectivity index is 2.24. The first kappa shape index (κ1) is 6.58. The molecule has 5 heteroatoms. The molecule has 0 aromatic carbocycles. The Labute approximate surface area is 57.9 Å². The van der Waals surface area contributed by atoms with E-state index in [0.717, 1.165) is 13.1 Å². The quantitative estimate of drug-likeness (QED) is 0.415. The highest BCUT2D eigenvalue weighted by Gasteiger charge is 2.15. The van der Waals surface area contributed by atoms with Gasteiger partial charge in [-0.3, -0.25) is 0 Å². The van der Waals surface area contributed by atoms with Gasteiger partial charge in [-0.15, -0.1) is 5.12 Å². The molecule has 48 valence electrons. The lowest BCUT2D eigenvalue weighted by Crippen LogP contribution is -2.41. The van der Waals surface area contributed by atoms with Crippen LogP contribution in [0.3, 0.4) is 0 Å². The van der Waals surface area contributed by atoms with Gasteiger partial charge in [-0.2, -0.15) is 0 Å². The number of alkyl halides is 2. The second-order valence-corrected chi connectivity index (χ2v) is 2.51. The van der Waals surface area contributed by atoms with Gasteiger partial charge >= 0.3 is 0 Å². The number of hydrogen-bond donors (Lipinski definition) is 2. The largest absolute Gasteiger partial charge is 0.238 e. The van der Waals surface area contributed by atoms with Crippen LogP contribution in [-0.4, -0.2) is 23.2 Å².